The van der Waals surface area contributed by atoms with Gasteiger partial charge in [-0.2, -0.15) is 0 Å². The normalized spacial score (nSPS) is 10.6. The fourth-order valence-corrected chi connectivity index (χ4v) is 3.95. The molecule has 172 valence electrons. The summed E-state index contributed by atoms with van der Waals surface area (Å²) in [6.07, 6.45) is 0. The molecule has 1 heterocycles. The first-order valence-corrected chi connectivity index (χ1v) is 11.3. The van der Waals surface area contributed by atoms with E-state index in [1.807, 2.05) is 13.8 Å². The van der Waals surface area contributed by atoms with Gasteiger partial charge >= 0.3 is 0 Å². The Morgan fingerprint density at radius 1 is 1.21 bits per heavy atom. The number of benzene rings is 2. The molecular weight excluding hydrogens is 468 g/mol. The number of thioether (sulfide) groups is 1. The monoisotopic (exact) mass is 488 g/mol. The van der Waals surface area contributed by atoms with Gasteiger partial charge in [0.2, 0.25) is 5.91 Å². The molecule has 0 radical (unpaired) electrons. The maximum atomic E-state index is 12.4. The van der Waals surface area contributed by atoms with Crippen molar-refractivity contribution >= 4 is 46.6 Å². The molecule has 1 aromatic heterocycles. The Kier molecular flexibility index (Phi) is 8.01. The number of hydrogen-bond acceptors (Lipinski definition) is 7. The van der Waals surface area contributed by atoms with Crippen LogP contribution in [0.25, 0.3) is 0 Å². The summed E-state index contributed by atoms with van der Waals surface area (Å²) in [5.41, 5.74) is 1.45. The summed E-state index contributed by atoms with van der Waals surface area (Å²) in [7, 11) is 0. The molecule has 2 amide bonds. The van der Waals surface area contributed by atoms with Gasteiger partial charge in [0.05, 0.1) is 17.2 Å². The van der Waals surface area contributed by atoms with Gasteiger partial charge in [0.25, 0.3) is 11.6 Å². The second kappa shape index (κ2) is 10.9. The van der Waals surface area contributed by atoms with Crippen LogP contribution in [0.5, 0.6) is 0 Å². The number of nitrogens with zero attached hydrogens (tertiary/aromatic N) is 4. The van der Waals surface area contributed by atoms with Crippen molar-refractivity contribution in [3.8, 4) is 0 Å². The van der Waals surface area contributed by atoms with Crippen molar-refractivity contribution in [2.24, 2.45) is 0 Å². The number of nitro benzene ring substituents is 1. The third kappa shape index (κ3) is 6.08. The Labute approximate surface area is 198 Å². The molecule has 2 aromatic carbocycles. The zero-order chi connectivity index (χ0) is 24.0. The van der Waals surface area contributed by atoms with Crippen molar-refractivity contribution in [3.63, 3.8) is 0 Å². The molecule has 12 heteroatoms. The molecule has 0 bridgehead atoms. The summed E-state index contributed by atoms with van der Waals surface area (Å²) in [5, 5.41) is 25.8. The van der Waals surface area contributed by atoms with Crippen LogP contribution in [0.1, 0.15) is 28.7 Å². The number of non-ortho nitro benzene ring substituents is 1. The quantitative estimate of drug-likeness (QED) is 0.265. The lowest BCUT2D eigenvalue weighted by atomic mass is 10.2. The van der Waals surface area contributed by atoms with Gasteiger partial charge < -0.3 is 15.2 Å². The fourth-order valence-electron chi connectivity index (χ4n) is 2.96. The lowest BCUT2D eigenvalue weighted by Gasteiger charge is -2.10. The van der Waals surface area contributed by atoms with E-state index in [1.54, 1.807) is 22.8 Å². The first kappa shape index (κ1) is 24.2. The lowest BCUT2D eigenvalue weighted by Crippen LogP contribution is -2.25. The Hall–Kier alpha value is -3.44. The number of nitrogens with one attached hydrogen (secondary N) is 2. The molecule has 0 spiro atoms. The number of hydrogen-bond donors (Lipinski definition) is 2. The summed E-state index contributed by atoms with van der Waals surface area (Å²) < 4.78 is 1.79. The Balaban J connectivity index is 1.60. The minimum absolute atomic E-state index is 0.0802. The number of carbonyl (C=O) groups is 2. The Morgan fingerprint density at radius 2 is 1.97 bits per heavy atom. The molecule has 3 aromatic rings. The van der Waals surface area contributed by atoms with Gasteiger partial charge in [-0.15, -0.1) is 10.2 Å². The zero-order valence-corrected chi connectivity index (χ0v) is 19.4. The highest BCUT2D eigenvalue weighted by atomic mass is 35.5. The second-order valence-electron chi connectivity index (χ2n) is 6.88. The predicted octanol–water partition coefficient (Wildman–Crippen LogP) is 3.83. The van der Waals surface area contributed by atoms with Crippen LogP contribution in [0.15, 0.2) is 47.6 Å². The number of nitro groups is 1. The van der Waals surface area contributed by atoms with E-state index in [1.165, 1.54) is 36.0 Å². The molecular formula is C21H21ClN6O4S. The summed E-state index contributed by atoms with van der Waals surface area (Å²) in [6, 6.07) is 10.8. The van der Waals surface area contributed by atoms with Crippen LogP contribution in [-0.4, -0.2) is 37.3 Å². The number of amides is 2. The minimum Gasteiger partial charge on any atom is -0.345 e. The van der Waals surface area contributed by atoms with Gasteiger partial charge in [-0.25, -0.2) is 0 Å². The van der Waals surface area contributed by atoms with Crippen LogP contribution < -0.4 is 10.6 Å². The van der Waals surface area contributed by atoms with E-state index in [-0.39, 0.29) is 29.5 Å². The van der Waals surface area contributed by atoms with Crippen molar-refractivity contribution in [1.82, 2.24) is 20.1 Å². The topological polar surface area (TPSA) is 132 Å². The number of aromatic nitrogens is 3. The van der Waals surface area contributed by atoms with Crippen LogP contribution in [-0.2, 0) is 17.9 Å². The van der Waals surface area contributed by atoms with Crippen molar-refractivity contribution in [3.05, 3.63) is 74.6 Å². The van der Waals surface area contributed by atoms with Crippen LogP contribution >= 0.6 is 23.4 Å². The van der Waals surface area contributed by atoms with E-state index in [0.717, 1.165) is 5.56 Å². The third-order valence-electron chi connectivity index (χ3n) is 4.71. The summed E-state index contributed by atoms with van der Waals surface area (Å²) in [6.45, 7) is 4.34. The van der Waals surface area contributed by atoms with Crippen LogP contribution in [0.4, 0.5) is 11.4 Å². The molecule has 0 aliphatic carbocycles. The maximum absolute atomic E-state index is 12.4. The maximum Gasteiger partial charge on any atom is 0.270 e. The highest BCUT2D eigenvalue weighted by molar-refractivity contribution is 7.99. The lowest BCUT2D eigenvalue weighted by molar-refractivity contribution is -0.384. The zero-order valence-electron chi connectivity index (χ0n) is 17.9. The molecule has 10 nitrogen and oxygen atoms in total. The molecule has 0 saturated carbocycles. The van der Waals surface area contributed by atoms with Crippen molar-refractivity contribution in [1.29, 1.82) is 0 Å². The predicted molar refractivity (Wildman–Crippen MR) is 126 cm³/mol. The summed E-state index contributed by atoms with van der Waals surface area (Å²) in [5.74, 6) is -0.0549. The molecule has 0 aliphatic heterocycles. The largest absolute Gasteiger partial charge is 0.345 e. The van der Waals surface area contributed by atoms with Crippen molar-refractivity contribution < 1.29 is 14.5 Å². The van der Waals surface area contributed by atoms with E-state index < -0.39 is 10.8 Å². The molecule has 0 fully saturated rings. The average Bonchev–Trinajstić information content (AvgIpc) is 3.21. The standard InChI is InChI=1S/C21H21ClN6O4S/c1-3-27-18(11-23-20(30)14-6-4-7-15(10-14)28(31)32)25-26-21(27)33-12-19(29)24-17-9-5-8-16(22)13(17)2/h4-10H,3,11-12H2,1-2H3,(H,23,30)(H,24,29). The number of halogens is 1. The van der Waals surface area contributed by atoms with Gasteiger partial charge in [-0.1, -0.05) is 35.5 Å². The van der Waals surface area contributed by atoms with Gasteiger partial charge in [-0.05, 0) is 37.6 Å². The van der Waals surface area contributed by atoms with Crippen LogP contribution in [0.3, 0.4) is 0 Å². The highest BCUT2D eigenvalue weighted by Crippen LogP contribution is 2.24. The SMILES string of the molecule is CCn1c(CNC(=O)c2cccc([N+](=O)[O-])c2)nnc1SCC(=O)Nc1cccc(Cl)c1C. The van der Waals surface area contributed by atoms with E-state index in [2.05, 4.69) is 20.8 Å². The highest BCUT2D eigenvalue weighted by Gasteiger charge is 2.16. The van der Waals surface area contributed by atoms with Crippen molar-refractivity contribution in [2.75, 3.05) is 11.1 Å². The molecule has 33 heavy (non-hydrogen) atoms. The molecule has 2 N–H and O–H groups in total. The van der Waals surface area contributed by atoms with Crippen LogP contribution in [0, 0.1) is 17.0 Å². The van der Waals surface area contributed by atoms with Crippen molar-refractivity contribution in [2.45, 2.75) is 32.1 Å². The summed E-state index contributed by atoms with van der Waals surface area (Å²) in [4.78, 5) is 35.1. The number of carbonyl (C=O) groups excluding carboxylic acids is 2. The van der Waals surface area contributed by atoms with E-state index in [4.69, 9.17) is 11.6 Å². The van der Waals surface area contributed by atoms with Gasteiger partial charge in [-0.3, -0.25) is 19.7 Å². The molecule has 0 aliphatic rings. The molecule has 0 unspecified atom stereocenters. The Morgan fingerprint density at radius 3 is 2.70 bits per heavy atom. The Bertz CT molecular complexity index is 1200. The smallest absolute Gasteiger partial charge is 0.270 e. The van der Waals surface area contributed by atoms with E-state index in [0.29, 0.717) is 28.2 Å². The van der Waals surface area contributed by atoms with E-state index in [9.17, 15) is 19.7 Å². The minimum atomic E-state index is -0.558. The number of anilines is 1. The van der Waals surface area contributed by atoms with E-state index >= 15 is 0 Å². The molecule has 0 atom stereocenters. The molecule has 3 rings (SSSR count). The van der Waals surface area contributed by atoms with Crippen LogP contribution in [0.2, 0.25) is 5.02 Å². The van der Waals surface area contributed by atoms with Gasteiger partial charge in [0, 0.05) is 35.0 Å². The molecule has 0 saturated heterocycles. The summed E-state index contributed by atoms with van der Waals surface area (Å²) >= 11 is 7.31. The average molecular weight is 489 g/mol. The second-order valence-corrected chi connectivity index (χ2v) is 8.23. The number of rotatable bonds is 9. The van der Waals surface area contributed by atoms with Gasteiger partial charge in [0.1, 0.15) is 0 Å². The van der Waals surface area contributed by atoms with Gasteiger partial charge in [0.15, 0.2) is 11.0 Å². The third-order valence-corrected chi connectivity index (χ3v) is 6.09. The first-order valence-electron chi connectivity index (χ1n) is 9.92. The fraction of sp³-hybridized carbons (Fsp3) is 0.238. The first-order chi connectivity index (χ1) is 15.8.